The van der Waals surface area contributed by atoms with Gasteiger partial charge >= 0.3 is 0 Å². The van der Waals surface area contributed by atoms with Crippen LogP contribution in [0.1, 0.15) is 5.56 Å². The van der Waals surface area contributed by atoms with Gasteiger partial charge in [0.25, 0.3) is 0 Å². The van der Waals surface area contributed by atoms with Gasteiger partial charge in [-0.2, -0.15) is 0 Å². The first-order valence-electron chi connectivity index (χ1n) is 4.41. The SMILES string of the molecule is NCC(C(N)=O)(C(N)=O)c1ccccc1. The summed E-state index contributed by atoms with van der Waals surface area (Å²) >= 11 is 0. The number of hydrogen-bond donors (Lipinski definition) is 3. The topological polar surface area (TPSA) is 112 Å². The highest BCUT2D eigenvalue weighted by Crippen LogP contribution is 2.22. The van der Waals surface area contributed by atoms with Gasteiger partial charge in [0.05, 0.1) is 0 Å². The van der Waals surface area contributed by atoms with E-state index in [1.165, 1.54) is 0 Å². The van der Waals surface area contributed by atoms with Crippen LogP contribution < -0.4 is 17.2 Å². The molecule has 2 amide bonds. The standard InChI is InChI=1S/C10H13N3O2/c11-6-10(8(12)14,9(13)15)7-4-2-1-3-5-7/h1-5H,6,11H2,(H2,12,14)(H2,13,15). The molecule has 1 aromatic rings. The highest BCUT2D eigenvalue weighted by Gasteiger charge is 2.43. The van der Waals surface area contributed by atoms with Crippen LogP contribution in [-0.4, -0.2) is 18.4 Å². The summed E-state index contributed by atoms with van der Waals surface area (Å²) < 4.78 is 0. The van der Waals surface area contributed by atoms with Crippen LogP contribution in [-0.2, 0) is 15.0 Å². The molecule has 0 aromatic heterocycles. The van der Waals surface area contributed by atoms with E-state index in [1.807, 2.05) is 0 Å². The molecule has 0 aliphatic rings. The number of carbonyl (C=O) groups excluding carboxylic acids is 2. The fourth-order valence-electron chi connectivity index (χ4n) is 1.45. The molecule has 0 fully saturated rings. The molecule has 0 unspecified atom stereocenters. The minimum absolute atomic E-state index is 0.234. The Bertz CT molecular complexity index is 362. The van der Waals surface area contributed by atoms with Crippen molar-refractivity contribution in [3.05, 3.63) is 35.9 Å². The molecule has 0 atom stereocenters. The van der Waals surface area contributed by atoms with Crippen molar-refractivity contribution in [2.75, 3.05) is 6.54 Å². The summed E-state index contributed by atoms with van der Waals surface area (Å²) in [4.78, 5) is 22.7. The third-order valence-corrected chi connectivity index (χ3v) is 2.41. The van der Waals surface area contributed by atoms with E-state index in [2.05, 4.69) is 0 Å². The Hall–Kier alpha value is -1.88. The molecule has 1 aromatic carbocycles. The number of amides is 2. The van der Waals surface area contributed by atoms with Crippen molar-refractivity contribution < 1.29 is 9.59 Å². The fraction of sp³-hybridized carbons (Fsp3) is 0.200. The molecule has 0 bridgehead atoms. The Morgan fingerprint density at radius 2 is 1.53 bits per heavy atom. The van der Waals surface area contributed by atoms with Crippen LogP contribution in [0.3, 0.4) is 0 Å². The van der Waals surface area contributed by atoms with E-state index in [0.29, 0.717) is 5.56 Å². The van der Waals surface area contributed by atoms with E-state index >= 15 is 0 Å². The van der Waals surface area contributed by atoms with E-state index in [4.69, 9.17) is 17.2 Å². The fourth-order valence-corrected chi connectivity index (χ4v) is 1.45. The third kappa shape index (κ3) is 1.69. The molecule has 0 spiro atoms. The predicted octanol–water partition coefficient (Wildman–Crippen LogP) is -1.15. The van der Waals surface area contributed by atoms with Gasteiger partial charge in [0.2, 0.25) is 11.8 Å². The van der Waals surface area contributed by atoms with Crippen LogP contribution in [0.4, 0.5) is 0 Å². The maximum Gasteiger partial charge on any atom is 0.238 e. The van der Waals surface area contributed by atoms with Gasteiger partial charge in [-0.1, -0.05) is 30.3 Å². The molecule has 0 saturated carbocycles. The summed E-state index contributed by atoms with van der Waals surface area (Å²) in [6, 6.07) is 8.33. The Balaban J connectivity index is 3.35. The van der Waals surface area contributed by atoms with Gasteiger partial charge in [-0.15, -0.1) is 0 Å². The van der Waals surface area contributed by atoms with Crippen molar-refractivity contribution in [3.63, 3.8) is 0 Å². The summed E-state index contributed by atoms with van der Waals surface area (Å²) in [5, 5.41) is 0. The normalized spacial score (nSPS) is 11.0. The maximum atomic E-state index is 11.3. The van der Waals surface area contributed by atoms with E-state index in [-0.39, 0.29) is 6.54 Å². The molecule has 0 saturated heterocycles. The number of benzene rings is 1. The molecule has 0 radical (unpaired) electrons. The number of carbonyl (C=O) groups is 2. The van der Waals surface area contributed by atoms with Gasteiger partial charge in [-0.05, 0) is 5.56 Å². The minimum atomic E-state index is -1.61. The molecule has 0 aliphatic carbocycles. The molecule has 15 heavy (non-hydrogen) atoms. The number of primary amides is 2. The second kappa shape index (κ2) is 4.10. The summed E-state index contributed by atoms with van der Waals surface area (Å²) in [5.41, 5.74) is 14.6. The molecule has 5 heteroatoms. The molecule has 80 valence electrons. The van der Waals surface area contributed by atoms with E-state index in [9.17, 15) is 9.59 Å². The quantitative estimate of drug-likeness (QED) is 0.542. The maximum absolute atomic E-state index is 11.3. The molecule has 6 N–H and O–H groups in total. The Labute approximate surface area is 87.2 Å². The Morgan fingerprint density at radius 1 is 1.07 bits per heavy atom. The smallest absolute Gasteiger partial charge is 0.238 e. The van der Waals surface area contributed by atoms with E-state index < -0.39 is 17.2 Å². The van der Waals surface area contributed by atoms with Gasteiger partial charge in [0.1, 0.15) is 0 Å². The number of nitrogens with two attached hydrogens (primary N) is 3. The molecular formula is C10H13N3O2. The first kappa shape index (κ1) is 11.2. The number of hydrogen-bond acceptors (Lipinski definition) is 3. The van der Waals surface area contributed by atoms with Crippen molar-refractivity contribution in [1.29, 1.82) is 0 Å². The summed E-state index contributed by atoms with van der Waals surface area (Å²) in [6.07, 6.45) is 0. The zero-order valence-corrected chi connectivity index (χ0v) is 8.14. The van der Waals surface area contributed by atoms with Crippen LogP contribution in [0.15, 0.2) is 30.3 Å². The van der Waals surface area contributed by atoms with Gasteiger partial charge in [0.15, 0.2) is 5.41 Å². The highest BCUT2D eigenvalue weighted by molar-refractivity contribution is 6.10. The van der Waals surface area contributed by atoms with Gasteiger partial charge in [-0.3, -0.25) is 9.59 Å². The highest BCUT2D eigenvalue weighted by atomic mass is 16.2. The van der Waals surface area contributed by atoms with Crippen LogP contribution in [0.25, 0.3) is 0 Å². The first-order valence-corrected chi connectivity index (χ1v) is 4.41. The largest absolute Gasteiger partial charge is 0.368 e. The summed E-state index contributed by atoms with van der Waals surface area (Å²) in [5.74, 6) is -1.66. The van der Waals surface area contributed by atoms with Crippen LogP contribution in [0.2, 0.25) is 0 Å². The number of rotatable bonds is 4. The lowest BCUT2D eigenvalue weighted by Crippen LogP contribution is -2.56. The average Bonchev–Trinajstić information content (AvgIpc) is 2.20. The predicted molar refractivity (Wildman–Crippen MR) is 55.6 cm³/mol. The van der Waals surface area contributed by atoms with E-state index in [0.717, 1.165) is 0 Å². The molecule has 0 heterocycles. The second-order valence-electron chi connectivity index (χ2n) is 3.20. The minimum Gasteiger partial charge on any atom is -0.368 e. The lowest BCUT2D eigenvalue weighted by atomic mass is 9.79. The monoisotopic (exact) mass is 207 g/mol. The van der Waals surface area contributed by atoms with Crippen LogP contribution >= 0.6 is 0 Å². The zero-order chi connectivity index (χ0) is 11.5. The molecule has 0 aliphatic heterocycles. The van der Waals surface area contributed by atoms with Crippen LogP contribution in [0.5, 0.6) is 0 Å². The molecule has 5 nitrogen and oxygen atoms in total. The summed E-state index contributed by atoms with van der Waals surface area (Å²) in [7, 11) is 0. The molecule has 1 rings (SSSR count). The zero-order valence-electron chi connectivity index (χ0n) is 8.14. The second-order valence-corrected chi connectivity index (χ2v) is 3.20. The third-order valence-electron chi connectivity index (χ3n) is 2.41. The Kier molecular flexibility index (Phi) is 3.06. The van der Waals surface area contributed by atoms with Crippen molar-refractivity contribution in [1.82, 2.24) is 0 Å². The molecular weight excluding hydrogens is 194 g/mol. The van der Waals surface area contributed by atoms with Crippen molar-refractivity contribution in [3.8, 4) is 0 Å². The van der Waals surface area contributed by atoms with E-state index in [1.54, 1.807) is 30.3 Å². The van der Waals surface area contributed by atoms with Crippen molar-refractivity contribution in [2.24, 2.45) is 17.2 Å². The lowest BCUT2D eigenvalue weighted by molar-refractivity contribution is -0.133. The van der Waals surface area contributed by atoms with Crippen molar-refractivity contribution >= 4 is 11.8 Å². The average molecular weight is 207 g/mol. The van der Waals surface area contributed by atoms with Crippen LogP contribution in [0, 0.1) is 0 Å². The first-order chi connectivity index (χ1) is 7.05. The van der Waals surface area contributed by atoms with Gasteiger partial charge in [0, 0.05) is 6.54 Å². The van der Waals surface area contributed by atoms with Crippen molar-refractivity contribution in [2.45, 2.75) is 5.41 Å². The summed E-state index contributed by atoms with van der Waals surface area (Å²) in [6.45, 7) is -0.234. The Morgan fingerprint density at radius 3 is 1.87 bits per heavy atom. The van der Waals surface area contributed by atoms with Gasteiger partial charge < -0.3 is 17.2 Å². The lowest BCUT2D eigenvalue weighted by Gasteiger charge is -2.25. The van der Waals surface area contributed by atoms with Gasteiger partial charge in [-0.25, -0.2) is 0 Å².